The van der Waals surface area contributed by atoms with Gasteiger partial charge >= 0.3 is 0 Å². The molecule has 1 aliphatic rings. The number of aliphatic hydroxyl groups excluding tert-OH is 1. The smallest absolute Gasteiger partial charge is 0.105 e. The molecule has 13 heavy (non-hydrogen) atoms. The topological polar surface area (TPSA) is 29.5 Å². The zero-order valence-electron chi connectivity index (χ0n) is 7.52. The van der Waals surface area contributed by atoms with Crippen molar-refractivity contribution in [1.29, 1.82) is 0 Å². The van der Waals surface area contributed by atoms with Crippen LogP contribution in [0.3, 0.4) is 0 Å². The molecule has 0 aromatic heterocycles. The summed E-state index contributed by atoms with van der Waals surface area (Å²) in [6.45, 7) is 0.786. The van der Waals surface area contributed by atoms with Gasteiger partial charge in [0.05, 0.1) is 6.10 Å². The quantitative estimate of drug-likeness (QED) is 0.749. The third-order valence-electron chi connectivity index (χ3n) is 2.46. The molecular weight excluding hydrogens is 164 g/mol. The van der Waals surface area contributed by atoms with Gasteiger partial charge in [0.1, 0.15) is 6.10 Å². The molecule has 0 amide bonds. The normalized spacial score (nSPS) is 24.5. The fourth-order valence-electron chi connectivity index (χ4n) is 1.72. The summed E-state index contributed by atoms with van der Waals surface area (Å²) in [5, 5.41) is 9.90. The Balaban J connectivity index is 2.08. The Morgan fingerprint density at radius 3 is 2.69 bits per heavy atom. The Labute approximate surface area is 78.2 Å². The highest BCUT2D eigenvalue weighted by Gasteiger charge is 2.24. The molecular formula is C11H14O2. The van der Waals surface area contributed by atoms with E-state index in [0.717, 1.165) is 25.0 Å². The van der Waals surface area contributed by atoms with Crippen molar-refractivity contribution < 1.29 is 9.84 Å². The van der Waals surface area contributed by atoms with Gasteiger partial charge in [0.2, 0.25) is 0 Å². The molecule has 1 aromatic carbocycles. The summed E-state index contributed by atoms with van der Waals surface area (Å²) in [5.41, 5.74) is 0.953. The Hall–Kier alpha value is -0.860. The molecule has 1 aliphatic heterocycles. The van der Waals surface area contributed by atoms with Gasteiger partial charge in [-0.15, -0.1) is 0 Å². The monoisotopic (exact) mass is 178 g/mol. The van der Waals surface area contributed by atoms with Crippen LogP contribution in [0.25, 0.3) is 0 Å². The maximum atomic E-state index is 9.90. The summed E-state index contributed by atoms with van der Waals surface area (Å²) < 4.78 is 5.42. The molecule has 1 heterocycles. The number of hydrogen-bond donors (Lipinski definition) is 1. The van der Waals surface area contributed by atoms with Gasteiger partial charge in [-0.05, 0) is 18.4 Å². The first-order chi connectivity index (χ1) is 6.38. The van der Waals surface area contributed by atoms with Crippen molar-refractivity contribution in [2.45, 2.75) is 25.0 Å². The van der Waals surface area contributed by atoms with Crippen LogP contribution in [0, 0.1) is 0 Å². The van der Waals surface area contributed by atoms with Gasteiger partial charge in [-0.25, -0.2) is 0 Å². The van der Waals surface area contributed by atoms with Crippen LogP contribution in [0.15, 0.2) is 30.3 Å². The van der Waals surface area contributed by atoms with Crippen molar-refractivity contribution in [1.82, 2.24) is 0 Å². The lowest BCUT2D eigenvalue weighted by Crippen LogP contribution is -2.16. The lowest BCUT2D eigenvalue weighted by Gasteiger charge is -2.17. The molecule has 1 fully saturated rings. The standard InChI is InChI=1S/C11H14O2/c12-11(10-7-4-8-13-10)9-5-2-1-3-6-9/h1-3,5-6,10-12H,4,7-8H2. The summed E-state index contributed by atoms with van der Waals surface area (Å²) >= 11 is 0. The summed E-state index contributed by atoms with van der Waals surface area (Å²) in [6, 6.07) is 9.70. The molecule has 1 saturated heterocycles. The lowest BCUT2D eigenvalue weighted by molar-refractivity contribution is -0.00258. The predicted molar refractivity (Wildman–Crippen MR) is 50.4 cm³/mol. The van der Waals surface area contributed by atoms with Gasteiger partial charge in [-0.1, -0.05) is 30.3 Å². The average Bonchev–Trinajstić information content (AvgIpc) is 2.71. The molecule has 0 bridgehead atoms. The van der Waals surface area contributed by atoms with Gasteiger partial charge in [0, 0.05) is 6.61 Å². The number of ether oxygens (including phenoxy) is 1. The fourth-order valence-corrected chi connectivity index (χ4v) is 1.72. The zero-order chi connectivity index (χ0) is 9.10. The first-order valence-electron chi connectivity index (χ1n) is 4.72. The summed E-state index contributed by atoms with van der Waals surface area (Å²) in [5.74, 6) is 0. The van der Waals surface area contributed by atoms with Gasteiger partial charge < -0.3 is 9.84 Å². The molecule has 1 aromatic rings. The fraction of sp³-hybridized carbons (Fsp3) is 0.455. The Morgan fingerprint density at radius 1 is 1.31 bits per heavy atom. The maximum Gasteiger partial charge on any atom is 0.105 e. The summed E-state index contributed by atoms with van der Waals surface area (Å²) in [7, 11) is 0. The molecule has 0 radical (unpaired) electrons. The van der Waals surface area contributed by atoms with E-state index < -0.39 is 6.10 Å². The molecule has 2 unspecified atom stereocenters. The second-order valence-electron chi connectivity index (χ2n) is 3.41. The van der Waals surface area contributed by atoms with Crippen LogP contribution in [0.2, 0.25) is 0 Å². The minimum absolute atomic E-state index is 0.00222. The van der Waals surface area contributed by atoms with E-state index in [4.69, 9.17) is 4.74 Å². The summed E-state index contributed by atoms with van der Waals surface area (Å²) in [4.78, 5) is 0. The third-order valence-corrected chi connectivity index (χ3v) is 2.46. The van der Waals surface area contributed by atoms with Gasteiger partial charge in [0.15, 0.2) is 0 Å². The van der Waals surface area contributed by atoms with E-state index in [0.29, 0.717) is 0 Å². The van der Waals surface area contributed by atoms with Crippen molar-refractivity contribution in [3.8, 4) is 0 Å². The highest BCUT2D eigenvalue weighted by Crippen LogP contribution is 2.26. The minimum Gasteiger partial charge on any atom is -0.386 e. The van der Waals surface area contributed by atoms with Crippen LogP contribution in [0.4, 0.5) is 0 Å². The highest BCUT2D eigenvalue weighted by atomic mass is 16.5. The third kappa shape index (κ3) is 1.90. The predicted octanol–water partition coefficient (Wildman–Crippen LogP) is 1.90. The van der Waals surface area contributed by atoms with Crippen molar-refractivity contribution in [3.05, 3.63) is 35.9 Å². The molecule has 0 spiro atoms. The molecule has 1 N–H and O–H groups in total. The molecule has 0 aliphatic carbocycles. The van der Waals surface area contributed by atoms with E-state index in [1.165, 1.54) is 0 Å². The Kier molecular flexibility index (Phi) is 2.62. The van der Waals surface area contributed by atoms with Crippen LogP contribution < -0.4 is 0 Å². The number of benzene rings is 1. The highest BCUT2D eigenvalue weighted by molar-refractivity contribution is 5.18. The Morgan fingerprint density at radius 2 is 2.08 bits per heavy atom. The molecule has 70 valence electrons. The van der Waals surface area contributed by atoms with E-state index in [2.05, 4.69) is 0 Å². The van der Waals surface area contributed by atoms with E-state index in [-0.39, 0.29) is 6.10 Å². The first kappa shape index (κ1) is 8.73. The van der Waals surface area contributed by atoms with E-state index >= 15 is 0 Å². The van der Waals surface area contributed by atoms with Crippen LogP contribution in [-0.2, 0) is 4.74 Å². The van der Waals surface area contributed by atoms with Crippen LogP contribution in [0.1, 0.15) is 24.5 Å². The van der Waals surface area contributed by atoms with Crippen LogP contribution >= 0.6 is 0 Å². The van der Waals surface area contributed by atoms with E-state index in [9.17, 15) is 5.11 Å². The van der Waals surface area contributed by atoms with E-state index in [1.54, 1.807) is 0 Å². The number of rotatable bonds is 2. The second-order valence-corrected chi connectivity index (χ2v) is 3.41. The van der Waals surface area contributed by atoms with Gasteiger partial charge in [0.25, 0.3) is 0 Å². The number of hydrogen-bond acceptors (Lipinski definition) is 2. The second kappa shape index (κ2) is 3.90. The summed E-state index contributed by atoms with van der Waals surface area (Å²) in [6.07, 6.45) is 1.58. The average molecular weight is 178 g/mol. The van der Waals surface area contributed by atoms with Crippen molar-refractivity contribution in [2.75, 3.05) is 6.61 Å². The number of aliphatic hydroxyl groups is 1. The van der Waals surface area contributed by atoms with Gasteiger partial charge in [-0.3, -0.25) is 0 Å². The molecule has 2 nitrogen and oxygen atoms in total. The molecule has 2 atom stereocenters. The van der Waals surface area contributed by atoms with Crippen molar-refractivity contribution in [3.63, 3.8) is 0 Å². The van der Waals surface area contributed by atoms with Crippen molar-refractivity contribution in [2.24, 2.45) is 0 Å². The van der Waals surface area contributed by atoms with E-state index in [1.807, 2.05) is 30.3 Å². The SMILES string of the molecule is OC(c1ccccc1)C1CCCO1. The minimum atomic E-state index is -0.455. The molecule has 0 saturated carbocycles. The maximum absolute atomic E-state index is 9.90. The van der Waals surface area contributed by atoms with Gasteiger partial charge in [-0.2, -0.15) is 0 Å². The first-order valence-corrected chi connectivity index (χ1v) is 4.72. The molecule has 2 rings (SSSR count). The van der Waals surface area contributed by atoms with Crippen molar-refractivity contribution >= 4 is 0 Å². The largest absolute Gasteiger partial charge is 0.386 e. The Bertz CT molecular complexity index is 252. The van der Waals surface area contributed by atoms with Crippen LogP contribution in [-0.4, -0.2) is 17.8 Å². The lowest BCUT2D eigenvalue weighted by atomic mass is 10.0. The zero-order valence-corrected chi connectivity index (χ0v) is 7.52. The molecule has 2 heteroatoms. The van der Waals surface area contributed by atoms with Crippen LogP contribution in [0.5, 0.6) is 0 Å².